The molecule has 2 saturated heterocycles. The van der Waals surface area contributed by atoms with E-state index in [1.54, 1.807) is 0 Å². The maximum absolute atomic E-state index is 13.2. The van der Waals surface area contributed by atoms with E-state index in [1.165, 1.54) is 0 Å². The first-order chi connectivity index (χ1) is 15.4. The number of aromatic nitrogens is 1. The van der Waals surface area contributed by atoms with Crippen LogP contribution in [0.3, 0.4) is 0 Å². The summed E-state index contributed by atoms with van der Waals surface area (Å²) < 4.78 is 108. The van der Waals surface area contributed by atoms with Crippen molar-refractivity contribution in [2.24, 2.45) is 0 Å². The zero-order valence-corrected chi connectivity index (χ0v) is 17.7. The van der Waals surface area contributed by atoms with Crippen LogP contribution in [0.1, 0.15) is 17.7 Å². The molecule has 2 aliphatic rings. The van der Waals surface area contributed by atoms with Crippen molar-refractivity contribution < 1.29 is 39.5 Å². The van der Waals surface area contributed by atoms with Crippen molar-refractivity contribution in [2.45, 2.75) is 41.2 Å². The highest BCUT2D eigenvalue weighted by Crippen LogP contribution is 2.34. The van der Waals surface area contributed by atoms with Gasteiger partial charge in [-0.2, -0.15) is 26.3 Å². The molecule has 2 aromatic rings. The number of fused-ring (bicyclic) bond motifs is 1. The number of halogens is 6. The number of ether oxygens (including phenoxy) is 1. The largest absolute Gasteiger partial charge is 0.487 e. The highest BCUT2D eigenvalue weighted by atomic mass is 32.2. The van der Waals surface area contributed by atoms with E-state index in [-0.39, 0.29) is 17.1 Å². The van der Waals surface area contributed by atoms with Crippen molar-refractivity contribution in [2.75, 3.05) is 19.6 Å². The molecule has 1 aromatic carbocycles. The molecular weight excluding hydrogens is 476 g/mol. The maximum Gasteiger partial charge on any atom is 0.433 e. The van der Waals surface area contributed by atoms with Gasteiger partial charge in [-0.25, -0.2) is 13.4 Å². The van der Waals surface area contributed by atoms with E-state index in [0.717, 1.165) is 42.6 Å². The van der Waals surface area contributed by atoms with Crippen molar-refractivity contribution in [1.29, 1.82) is 0 Å². The number of pyridine rings is 1. The lowest BCUT2D eigenvalue weighted by Crippen LogP contribution is -2.58. The first-order valence-corrected chi connectivity index (χ1v) is 11.5. The number of nitrogens with one attached hydrogen (secondary N) is 1. The summed E-state index contributed by atoms with van der Waals surface area (Å²) in [5, 5.41) is 1.87. The number of nitrogens with zero attached hydrogens (tertiary/aromatic N) is 2. The van der Waals surface area contributed by atoms with Crippen molar-refractivity contribution in [1.82, 2.24) is 15.2 Å². The van der Waals surface area contributed by atoms with Crippen molar-refractivity contribution in [3.05, 3.63) is 53.9 Å². The Morgan fingerprint density at radius 3 is 2.27 bits per heavy atom. The molecule has 3 heterocycles. The van der Waals surface area contributed by atoms with E-state index in [4.69, 9.17) is 4.74 Å². The summed E-state index contributed by atoms with van der Waals surface area (Å²) in [5.41, 5.74) is -2.00. The molecule has 13 heteroatoms. The second kappa shape index (κ2) is 8.44. The van der Waals surface area contributed by atoms with Crippen molar-refractivity contribution >= 4 is 9.84 Å². The average molecular weight is 495 g/mol. The molecule has 6 nitrogen and oxygen atoms in total. The van der Waals surface area contributed by atoms with Crippen LogP contribution in [0.15, 0.2) is 47.5 Å². The van der Waals surface area contributed by atoms with E-state index in [0.29, 0.717) is 19.6 Å². The topological polar surface area (TPSA) is 71.5 Å². The van der Waals surface area contributed by atoms with E-state index in [1.807, 2.05) is 4.90 Å². The van der Waals surface area contributed by atoms with E-state index in [2.05, 4.69) is 10.3 Å². The summed E-state index contributed by atoms with van der Waals surface area (Å²) in [5.74, 6) is 0.128. The van der Waals surface area contributed by atoms with Crippen LogP contribution < -0.4 is 10.1 Å². The van der Waals surface area contributed by atoms with Gasteiger partial charge in [-0.1, -0.05) is 0 Å². The van der Waals surface area contributed by atoms with Gasteiger partial charge in [0.05, 0.1) is 16.7 Å². The highest BCUT2D eigenvalue weighted by Gasteiger charge is 2.46. The van der Waals surface area contributed by atoms with Crippen LogP contribution in [0.4, 0.5) is 26.3 Å². The maximum atomic E-state index is 13.2. The van der Waals surface area contributed by atoms with Gasteiger partial charge < -0.3 is 4.74 Å². The first kappa shape index (κ1) is 23.8. The minimum atomic E-state index is -4.58. The van der Waals surface area contributed by atoms with Gasteiger partial charge in [0.25, 0.3) is 0 Å². The summed E-state index contributed by atoms with van der Waals surface area (Å²) in [6.07, 6.45) is -8.41. The van der Waals surface area contributed by atoms with Crippen LogP contribution in [-0.4, -0.2) is 55.5 Å². The first-order valence-electron chi connectivity index (χ1n) is 9.94. The SMILES string of the molecule is O=S(=O)(c1ccc(C(F)(F)F)cc1)C1NCCN2CC(Oc3ccc(C(F)(F)F)nc3)CC12. The Morgan fingerprint density at radius 1 is 1.00 bits per heavy atom. The minimum Gasteiger partial charge on any atom is -0.487 e. The van der Waals surface area contributed by atoms with Crippen LogP contribution in [0, 0.1) is 0 Å². The summed E-state index contributed by atoms with van der Waals surface area (Å²) >= 11 is 0. The molecule has 0 radical (unpaired) electrons. The molecule has 2 fully saturated rings. The minimum absolute atomic E-state index is 0.128. The number of sulfone groups is 1. The third-order valence-electron chi connectivity index (χ3n) is 5.68. The van der Waals surface area contributed by atoms with Gasteiger partial charge in [0.15, 0.2) is 9.84 Å². The van der Waals surface area contributed by atoms with Gasteiger partial charge in [0, 0.05) is 32.1 Å². The van der Waals surface area contributed by atoms with Crippen LogP contribution >= 0.6 is 0 Å². The molecule has 0 spiro atoms. The van der Waals surface area contributed by atoms with Gasteiger partial charge in [-0.15, -0.1) is 0 Å². The molecule has 0 saturated carbocycles. The summed E-state index contributed by atoms with van der Waals surface area (Å²) in [6.45, 7) is 1.22. The van der Waals surface area contributed by atoms with E-state index in [9.17, 15) is 34.8 Å². The molecule has 4 rings (SSSR count). The predicted molar refractivity (Wildman–Crippen MR) is 104 cm³/mol. The normalized spacial score (nSPS) is 24.5. The zero-order chi connectivity index (χ0) is 24.0. The number of rotatable bonds is 4. The Bertz CT molecular complexity index is 1090. The Labute approximate surface area is 185 Å². The molecule has 0 amide bonds. The summed E-state index contributed by atoms with van der Waals surface area (Å²) in [4.78, 5) is 5.01. The second-order valence-electron chi connectivity index (χ2n) is 7.86. The number of benzene rings is 1. The quantitative estimate of drug-likeness (QED) is 0.657. The Balaban J connectivity index is 1.48. The predicted octanol–water partition coefficient (Wildman–Crippen LogP) is 3.34. The molecule has 180 valence electrons. The monoisotopic (exact) mass is 495 g/mol. The standard InChI is InChI=1S/C20H19F6N3O3S/c21-19(22,23)12-1-4-15(5-2-12)33(30,31)18-16-9-14(11-29(16)8-7-27-18)32-13-3-6-17(28-10-13)20(24,25)26/h1-6,10,14,16,18,27H,7-9,11H2. The summed E-state index contributed by atoms with van der Waals surface area (Å²) in [6, 6.07) is 4.78. The zero-order valence-electron chi connectivity index (χ0n) is 16.9. The second-order valence-corrected chi connectivity index (χ2v) is 9.93. The highest BCUT2D eigenvalue weighted by molar-refractivity contribution is 7.92. The van der Waals surface area contributed by atoms with Crippen LogP contribution in [0.25, 0.3) is 0 Å². The van der Waals surface area contributed by atoms with Crippen LogP contribution in [-0.2, 0) is 22.2 Å². The summed E-state index contributed by atoms with van der Waals surface area (Å²) in [7, 11) is -4.01. The van der Waals surface area contributed by atoms with Crippen LogP contribution in [0.5, 0.6) is 5.75 Å². The van der Waals surface area contributed by atoms with Gasteiger partial charge in [0.2, 0.25) is 0 Å². The molecule has 3 unspecified atom stereocenters. The van der Waals surface area contributed by atoms with Gasteiger partial charge in [-0.05, 0) is 36.4 Å². The molecule has 33 heavy (non-hydrogen) atoms. The molecule has 0 aliphatic carbocycles. The fourth-order valence-corrected chi connectivity index (χ4v) is 5.98. The lowest BCUT2D eigenvalue weighted by Gasteiger charge is -2.36. The van der Waals surface area contributed by atoms with Gasteiger partial charge >= 0.3 is 12.4 Å². The fourth-order valence-electron chi connectivity index (χ4n) is 4.14. The van der Waals surface area contributed by atoms with Gasteiger partial charge in [-0.3, -0.25) is 10.2 Å². The van der Waals surface area contributed by atoms with Crippen molar-refractivity contribution in [3.63, 3.8) is 0 Å². The molecule has 1 aromatic heterocycles. The molecule has 3 atom stereocenters. The fraction of sp³-hybridized carbons (Fsp3) is 0.450. The number of hydrogen-bond acceptors (Lipinski definition) is 6. The molecule has 0 bridgehead atoms. The lowest BCUT2D eigenvalue weighted by molar-refractivity contribution is -0.141. The molecule has 2 aliphatic heterocycles. The Morgan fingerprint density at radius 2 is 1.70 bits per heavy atom. The average Bonchev–Trinajstić information content (AvgIpc) is 3.15. The number of alkyl halides is 6. The Kier molecular flexibility index (Phi) is 6.08. The molecule has 1 N–H and O–H groups in total. The lowest BCUT2D eigenvalue weighted by atomic mass is 10.1. The smallest absolute Gasteiger partial charge is 0.433 e. The van der Waals surface area contributed by atoms with E-state index < -0.39 is 51.0 Å². The van der Waals surface area contributed by atoms with Crippen LogP contribution in [0.2, 0.25) is 0 Å². The van der Waals surface area contributed by atoms with Crippen molar-refractivity contribution in [3.8, 4) is 5.75 Å². The Hall–Kier alpha value is -2.38. The third kappa shape index (κ3) is 4.94. The number of hydrogen-bond donors (Lipinski definition) is 1. The van der Waals surface area contributed by atoms with Gasteiger partial charge in [0.1, 0.15) is 22.9 Å². The van der Waals surface area contributed by atoms with E-state index >= 15 is 0 Å². The number of piperazine rings is 1. The third-order valence-corrected chi connectivity index (χ3v) is 7.76. The molecular formula is C20H19F6N3O3S.